The predicted molar refractivity (Wildman–Crippen MR) is 71.7 cm³/mol. The minimum atomic E-state index is 0.0115. The number of allylic oxidation sites excluding steroid dienone is 2. The smallest absolute Gasteiger partial charge is 0.178 e. The lowest BCUT2D eigenvalue weighted by Gasteiger charge is -1.84. The van der Waals surface area contributed by atoms with Gasteiger partial charge < -0.3 is 0 Å². The average Bonchev–Trinajstić information content (AvgIpc) is 2.96. The quantitative estimate of drug-likeness (QED) is 0.742. The van der Waals surface area contributed by atoms with Gasteiger partial charge in [0, 0.05) is 0 Å². The van der Waals surface area contributed by atoms with Crippen molar-refractivity contribution in [2.75, 3.05) is 0 Å². The van der Waals surface area contributed by atoms with Crippen molar-refractivity contribution in [1.82, 2.24) is 0 Å². The fourth-order valence-electron chi connectivity index (χ4n) is 1.15. The monoisotopic (exact) mass is 246 g/mol. The van der Waals surface area contributed by atoms with Crippen LogP contribution in [0.5, 0.6) is 0 Å². The highest BCUT2D eigenvalue weighted by Gasteiger charge is 1.91. The van der Waals surface area contributed by atoms with Crippen molar-refractivity contribution in [2.24, 2.45) is 0 Å². The van der Waals surface area contributed by atoms with E-state index in [1.54, 1.807) is 34.8 Å². The number of thiophene rings is 2. The van der Waals surface area contributed by atoms with Gasteiger partial charge >= 0.3 is 0 Å². The molecule has 0 aliphatic carbocycles. The Balaban J connectivity index is 1.94. The summed E-state index contributed by atoms with van der Waals surface area (Å²) in [6.45, 7) is 0. The van der Waals surface area contributed by atoms with Gasteiger partial charge in [0.2, 0.25) is 0 Å². The number of carbonyl (C=O) groups is 1. The lowest BCUT2D eigenvalue weighted by molar-refractivity contribution is -0.110. The largest absolute Gasteiger partial charge is 0.290 e. The fourth-order valence-corrected chi connectivity index (χ4v) is 2.41. The molecule has 0 N–H and O–H groups in total. The second-order valence-electron chi connectivity index (χ2n) is 3.18. The zero-order chi connectivity index (χ0) is 11.2. The van der Waals surface area contributed by atoms with Gasteiger partial charge in [0.05, 0.1) is 0 Å². The lowest BCUT2D eigenvalue weighted by atomic mass is 10.2. The zero-order valence-corrected chi connectivity index (χ0v) is 10.1. The van der Waals surface area contributed by atoms with Crippen LogP contribution in [-0.4, -0.2) is 5.78 Å². The molecule has 0 fully saturated rings. The van der Waals surface area contributed by atoms with E-state index >= 15 is 0 Å². The molecular weight excluding hydrogens is 236 g/mol. The molecule has 0 aliphatic heterocycles. The SMILES string of the molecule is O=C(C=Cc1ccsc1)C=Cc1ccsc1. The van der Waals surface area contributed by atoms with Gasteiger partial charge in [-0.25, -0.2) is 0 Å². The summed E-state index contributed by atoms with van der Waals surface area (Å²) >= 11 is 3.25. The normalized spacial score (nSPS) is 11.5. The minimum Gasteiger partial charge on any atom is -0.290 e. The van der Waals surface area contributed by atoms with Gasteiger partial charge in [-0.1, -0.05) is 12.2 Å². The van der Waals surface area contributed by atoms with Crippen LogP contribution in [0, 0.1) is 0 Å². The van der Waals surface area contributed by atoms with E-state index in [1.807, 2.05) is 45.8 Å². The Labute approximate surface area is 102 Å². The summed E-state index contributed by atoms with van der Waals surface area (Å²) in [6.07, 6.45) is 6.84. The van der Waals surface area contributed by atoms with Crippen molar-refractivity contribution in [3.05, 3.63) is 56.9 Å². The maximum atomic E-state index is 11.5. The molecule has 0 spiro atoms. The van der Waals surface area contributed by atoms with Gasteiger partial charge in [-0.15, -0.1) is 0 Å². The molecule has 2 heterocycles. The molecule has 16 heavy (non-hydrogen) atoms. The first-order valence-corrected chi connectivity index (χ1v) is 6.68. The van der Waals surface area contributed by atoms with Crippen LogP contribution in [0.1, 0.15) is 11.1 Å². The molecule has 2 rings (SSSR count). The Morgan fingerprint density at radius 3 is 1.81 bits per heavy atom. The number of ketones is 1. The van der Waals surface area contributed by atoms with Crippen molar-refractivity contribution >= 4 is 40.6 Å². The number of carbonyl (C=O) groups excluding carboxylic acids is 1. The zero-order valence-electron chi connectivity index (χ0n) is 8.50. The van der Waals surface area contributed by atoms with E-state index in [0.29, 0.717) is 0 Å². The molecule has 0 saturated heterocycles. The Bertz CT molecular complexity index is 444. The van der Waals surface area contributed by atoms with E-state index in [0.717, 1.165) is 11.1 Å². The summed E-state index contributed by atoms with van der Waals surface area (Å²) in [5.74, 6) is 0.0115. The first-order chi connectivity index (χ1) is 7.84. The molecule has 0 saturated carbocycles. The van der Waals surface area contributed by atoms with Crippen LogP contribution in [0.25, 0.3) is 12.2 Å². The molecule has 0 atom stereocenters. The lowest BCUT2D eigenvalue weighted by Crippen LogP contribution is -1.83. The highest BCUT2D eigenvalue weighted by atomic mass is 32.1. The van der Waals surface area contributed by atoms with Crippen LogP contribution >= 0.6 is 22.7 Å². The van der Waals surface area contributed by atoms with Gasteiger partial charge in [0.1, 0.15) is 0 Å². The number of hydrogen-bond acceptors (Lipinski definition) is 3. The summed E-state index contributed by atoms with van der Waals surface area (Å²) in [5, 5.41) is 8.00. The van der Waals surface area contributed by atoms with E-state index < -0.39 is 0 Å². The van der Waals surface area contributed by atoms with Gasteiger partial charge in [-0.3, -0.25) is 4.79 Å². The van der Waals surface area contributed by atoms with Crippen LogP contribution < -0.4 is 0 Å². The first-order valence-electron chi connectivity index (χ1n) is 4.79. The Morgan fingerprint density at radius 2 is 1.44 bits per heavy atom. The van der Waals surface area contributed by atoms with E-state index in [-0.39, 0.29) is 5.78 Å². The van der Waals surface area contributed by atoms with E-state index in [2.05, 4.69) is 0 Å². The highest BCUT2D eigenvalue weighted by molar-refractivity contribution is 7.08. The Morgan fingerprint density at radius 1 is 0.938 bits per heavy atom. The average molecular weight is 246 g/mol. The van der Waals surface area contributed by atoms with Gasteiger partial charge in [-0.05, 0) is 56.9 Å². The first kappa shape index (κ1) is 11.0. The second-order valence-corrected chi connectivity index (χ2v) is 4.74. The minimum absolute atomic E-state index is 0.0115. The highest BCUT2D eigenvalue weighted by Crippen LogP contribution is 2.09. The van der Waals surface area contributed by atoms with Crippen LogP contribution in [0.4, 0.5) is 0 Å². The molecule has 0 aliphatic rings. The third-order valence-corrected chi connectivity index (χ3v) is 3.37. The maximum absolute atomic E-state index is 11.5. The second kappa shape index (κ2) is 5.58. The fraction of sp³-hybridized carbons (Fsp3) is 0. The Kier molecular flexibility index (Phi) is 3.86. The molecule has 2 aromatic rings. The van der Waals surface area contributed by atoms with Gasteiger partial charge in [0.15, 0.2) is 5.78 Å². The molecule has 0 bridgehead atoms. The summed E-state index contributed by atoms with van der Waals surface area (Å²) in [4.78, 5) is 11.5. The molecule has 0 radical (unpaired) electrons. The van der Waals surface area contributed by atoms with Crippen molar-refractivity contribution in [1.29, 1.82) is 0 Å². The van der Waals surface area contributed by atoms with Crippen LogP contribution in [-0.2, 0) is 4.79 Å². The topological polar surface area (TPSA) is 17.1 Å². The standard InChI is InChI=1S/C13H10OS2/c14-13(3-1-11-5-7-15-9-11)4-2-12-6-8-16-10-12/h1-10H. The molecule has 1 nitrogen and oxygen atoms in total. The van der Waals surface area contributed by atoms with Crippen LogP contribution in [0.15, 0.2) is 45.8 Å². The summed E-state index contributed by atoms with van der Waals surface area (Å²) < 4.78 is 0. The molecule has 0 aromatic carbocycles. The summed E-state index contributed by atoms with van der Waals surface area (Å²) in [5.41, 5.74) is 2.14. The summed E-state index contributed by atoms with van der Waals surface area (Å²) in [6, 6.07) is 3.97. The van der Waals surface area contributed by atoms with E-state index in [1.165, 1.54) is 0 Å². The number of hydrogen-bond donors (Lipinski definition) is 0. The van der Waals surface area contributed by atoms with Gasteiger partial charge in [-0.2, -0.15) is 22.7 Å². The van der Waals surface area contributed by atoms with Crippen molar-refractivity contribution in [2.45, 2.75) is 0 Å². The molecule has 0 unspecified atom stereocenters. The number of rotatable bonds is 4. The van der Waals surface area contributed by atoms with Gasteiger partial charge in [0.25, 0.3) is 0 Å². The van der Waals surface area contributed by atoms with E-state index in [4.69, 9.17) is 0 Å². The summed E-state index contributed by atoms with van der Waals surface area (Å²) in [7, 11) is 0. The van der Waals surface area contributed by atoms with Crippen molar-refractivity contribution < 1.29 is 4.79 Å². The molecule has 80 valence electrons. The van der Waals surface area contributed by atoms with Crippen LogP contribution in [0.3, 0.4) is 0 Å². The third-order valence-electron chi connectivity index (χ3n) is 1.97. The predicted octanol–water partition coefficient (Wildman–Crippen LogP) is 4.11. The maximum Gasteiger partial charge on any atom is 0.178 e. The molecule has 3 heteroatoms. The third kappa shape index (κ3) is 3.29. The van der Waals surface area contributed by atoms with E-state index in [9.17, 15) is 4.79 Å². The molecule has 2 aromatic heterocycles. The molecular formula is C13H10OS2. The van der Waals surface area contributed by atoms with Crippen molar-refractivity contribution in [3.8, 4) is 0 Å². The van der Waals surface area contributed by atoms with Crippen molar-refractivity contribution in [3.63, 3.8) is 0 Å². The Hall–Kier alpha value is -1.45. The molecule has 0 amide bonds. The van der Waals surface area contributed by atoms with Crippen LogP contribution in [0.2, 0.25) is 0 Å².